The fourth-order valence-electron chi connectivity index (χ4n) is 1.60. The zero-order valence-electron chi connectivity index (χ0n) is 9.14. The second-order valence-electron chi connectivity index (χ2n) is 3.44. The summed E-state index contributed by atoms with van der Waals surface area (Å²) in [5.74, 6) is 1.66. The predicted octanol–water partition coefficient (Wildman–Crippen LogP) is 3.17. The first kappa shape index (κ1) is 11.1. The maximum Gasteiger partial charge on any atom is 0.174 e. The lowest BCUT2D eigenvalue weighted by molar-refractivity contribution is 0.102. The molecule has 1 aromatic carbocycles. The fraction of sp³-hybridized carbons (Fsp3) is 0.231. The van der Waals surface area contributed by atoms with Crippen LogP contribution in [-0.4, -0.2) is 22.3 Å². The highest BCUT2D eigenvalue weighted by Crippen LogP contribution is 2.17. The Hall–Kier alpha value is -1.35. The lowest BCUT2D eigenvalue weighted by atomic mass is 10.1. The molecule has 0 aliphatic heterocycles. The first-order chi connectivity index (χ1) is 7.83. The van der Waals surface area contributed by atoms with Crippen molar-refractivity contribution in [3.8, 4) is 0 Å². The van der Waals surface area contributed by atoms with Crippen LogP contribution in [0.2, 0.25) is 0 Å². The van der Waals surface area contributed by atoms with Gasteiger partial charge in [-0.25, -0.2) is 0 Å². The van der Waals surface area contributed by atoms with E-state index in [2.05, 4.69) is 11.9 Å². The van der Waals surface area contributed by atoms with Gasteiger partial charge in [-0.2, -0.15) is 11.8 Å². The highest BCUT2D eigenvalue weighted by atomic mass is 32.2. The second-order valence-corrected chi connectivity index (χ2v) is 4.72. The van der Waals surface area contributed by atoms with Gasteiger partial charge in [0.1, 0.15) is 0 Å². The zero-order valence-corrected chi connectivity index (χ0v) is 9.96. The minimum atomic E-state index is 0.163. The average Bonchev–Trinajstić information content (AvgIpc) is 2.35. The standard InChI is InChI=1S/C13H13NOS/c1-2-16-9-12(15)11-7-3-5-10-6-4-8-14-13(10)11/h3-8H,2,9H2,1H3. The summed E-state index contributed by atoms with van der Waals surface area (Å²) >= 11 is 1.64. The molecule has 0 amide bonds. The largest absolute Gasteiger partial charge is 0.293 e. The summed E-state index contributed by atoms with van der Waals surface area (Å²) < 4.78 is 0. The van der Waals surface area contributed by atoms with E-state index in [-0.39, 0.29) is 5.78 Å². The Kier molecular flexibility index (Phi) is 3.57. The Morgan fingerprint density at radius 2 is 2.12 bits per heavy atom. The van der Waals surface area contributed by atoms with Crippen LogP contribution in [0.4, 0.5) is 0 Å². The number of pyridine rings is 1. The average molecular weight is 231 g/mol. The molecule has 0 saturated heterocycles. The molecule has 1 aromatic heterocycles. The molecular formula is C13H13NOS. The summed E-state index contributed by atoms with van der Waals surface area (Å²) in [5.41, 5.74) is 1.55. The van der Waals surface area contributed by atoms with E-state index in [0.29, 0.717) is 5.75 Å². The van der Waals surface area contributed by atoms with E-state index in [0.717, 1.165) is 22.2 Å². The molecule has 0 saturated carbocycles. The first-order valence-corrected chi connectivity index (χ1v) is 6.43. The molecule has 2 nitrogen and oxygen atoms in total. The van der Waals surface area contributed by atoms with Crippen LogP contribution in [0.25, 0.3) is 10.9 Å². The third-order valence-electron chi connectivity index (χ3n) is 2.37. The molecule has 0 aliphatic rings. The van der Waals surface area contributed by atoms with Crippen molar-refractivity contribution < 1.29 is 4.79 Å². The maximum absolute atomic E-state index is 12.0. The summed E-state index contributed by atoms with van der Waals surface area (Å²) in [4.78, 5) is 16.2. The molecule has 0 fully saturated rings. The number of thioether (sulfide) groups is 1. The van der Waals surface area contributed by atoms with Crippen molar-refractivity contribution in [3.63, 3.8) is 0 Å². The molecule has 0 aliphatic carbocycles. The van der Waals surface area contributed by atoms with Gasteiger partial charge >= 0.3 is 0 Å². The van der Waals surface area contributed by atoms with E-state index in [1.54, 1.807) is 18.0 Å². The first-order valence-electron chi connectivity index (χ1n) is 5.27. The number of aromatic nitrogens is 1. The summed E-state index contributed by atoms with van der Waals surface area (Å²) in [7, 11) is 0. The molecular weight excluding hydrogens is 218 g/mol. The molecule has 0 atom stereocenters. The van der Waals surface area contributed by atoms with Gasteiger partial charge in [0, 0.05) is 17.1 Å². The van der Waals surface area contributed by atoms with Gasteiger partial charge in [0.2, 0.25) is 0 Å². The number of hydrogen-bond acceptors (Lipinski definition) is 3. The number of Topliss-reactive ketones (excluding diaryl/α,β-unsaturated/α-hetero) is 1. The number of carbonyl (C=O) groups excluding carboxylic acids is 1. The highest BCUT2D eigenvalue weighted by molar-refractivity contribution is 7.99. The van der Waals surface area contributed by atoms with Crippen LogP contribution in [0.3, 0.4) is 0 Å². The van der Waals surface area contributed by atoms with Crippen molar-refractivity contribution in [1.29, 1.82) is 0 Å². The molecule has 0 unspecified atom stereocenters. The van der Waals surface area contributed by atoms with Crippen molar-refractivity contribution >= 4 is 28.4 Å². The Bertz CT molecular complexity index is 505. The van der Waals surface area contributed by atoms with E-state index in [1.165, 1.54) is 0 Å². The monoisotopic (exact) mass is 231 g/mol. The van der Waals surface area contributed by atoms with Crippen LogP contribution >= 0.6 is 11.8 Å². The molecule has 0 bridgehead atoms. The third kappa shape index (κ3) is 2.25. The minimum absolute atomic E-state index is 0.163. The molecule has 82 valence electrons. The number of rotatable bonds is 4. The van der Waals surface area contributed by atoms with Crippen molar-refractivity contribution in [1.82, 2.24) is 4.98 Å². The van der Waals surface area contributed by atoms with Gasteiger partial charge < -0.3 is 0 Å². The van der Waals surface area contributed by atoms with Crippen molar-refractivity contribution in [3.05, 3.63) is 42.1 Å². The highest BCUT2D eigenvalue weighted by Gasteiger charge is 2.09. The maximum atomic E-state index is 12.0. The van der Waals surface area contributed by atoms with Crippen molar-refractivity contribution in [2.24, 2.45) is 0 Å². The Morgan fingerprint density at radius 1 is 1.31 bits per heavy atom. The normalized spacial score (nSPS) is 10.6. The number of fused-ring (bicyclic) bond motifs is 1. The smallest absolute Gasteiger partial charge is 0.174 e. The van der Waals surface area contributed by atoms with Gasteiger partial charge in [0.05, 0.1) is 11.3 Å². The topological polar surface area (TPSA) is 30.0 Å². The fourth-order valence-corrected chi connectivity index (χ4v) is 2.15. The molecule has 1 heterocycles. The van der Waals surface area contributed by atoms with Crippen LogP contribution in [0.15, 0.2) is 36.5 Å². The number of hydrogen-bond donors (Lipinski definition) is 0. The van der Waals surface area contributed by atoms with Crippen molar-refractivity contribution in [2.75, 3.05) is 11.5 Å². The van der Waals surface area contributed by atoms with E-state index >= 15 is 0 Å². The summed E-state index contributed by atoms with van der Waals surface area (Å²) in [6, 6.07) is 9.61. The quantitative estimate of drug-likeness (QED) is 0.757. The second kappa shape index (κ2) is 5.12. The number of nitrogens with zero attached hydrogens (tertiary/aromatic N) is 1. The molecule has 2 aromatic rings. The minimum Gasteiger partial charge on any atom is -0.293 e. The molecule has 2 rings (SSSR count). The van der Waals surface area contributed by atoms with Gasteiger partial charge in [-0.05, 0) is 17.9 Å². The molecule has 16 heavy (non-hydrogen) atoms. The van der Waals surface area contributed by atoms with E-state index < -0.39 is 0 Å². The summed E-state index contributed by atoms with van der Waals surface area (Å²) in [6.07, 6.45) is 1.73. The van der Waals surface area contributed by atoms with Gasteiger partial charge in [-0.3, -0.25) is 9.78 Å². The van der Waals surface area contributed by atoms with Crippen LogP contribution in [0, 0.1) is 0 Å². The van der Waals surface area contributed by atoms with Crippen molar-refractivity contribution in [2.45, 2.75) is 6.92 Å². The zero-order chi connectivity index (χ0) is 11.4. The van der Waals surface area contributed by atoms with Gasteiger partial charge in [-0.1, -0.05) is 25.1 Å². The van der Waals surface area contributed by atoms with Gasteiger partial charge in [0.15, 0.2) is 5.78 Å². The Balaban J connectivity index is 2.40. The van der Waals surface area contributed by atoms with Crippen LogP contribution in [-0.2, 0) is 0 Å². The SMILES string of the molecule is CCSCC(=O)c1cccc2cccnc12. The summed E-state index contributed by atoms with van der Waals surface area (Å²) in [5, 5.41) is 1.02. The lowest BCUT2D eigenvalue weighted by Crippen LogP contribution is -2.04. The predicted molar refractivity (Wildman–Crippen MR) is 69.1 cm³/mol. The number of ketones is 1. The third-order valence-corrected chi connectivity index (χ3v) is 3.24. The number of benzene rings is 1. The van der Waals surface area contributed by atoms with Gasteiger partial charge in [0.25, 0.3) is 0 Å². The van der Waals surface area contributed by atoms with Crippen LogP contribution in [0.1, 0.15) is 17.3 Å². The van der Waals surface area contributed by atoms with E-state index in [1.807, 2.05) is 30.3 Å². The molecule has 0 spiro atoms. The molecule has 0 radical (unpaired) electrons. The van der Waals surface area contributed by atoms with E-state index in [9.17, 15) is 4.79 Å². The van der Waals surface area contributed by atoms with Gasteiger partial charge in [-0.15, -0.1) is 0 Å². The summed E-state index contributed by atoms with van der Waals surface area (Å²) in [6.45, 7) is 2.05. The van der Waals surface area contributed by atoms with E-state index in [4.69, 9.17) is 0 Å². The molecule has 0 N–H and O–H groups in total. The Morgan fingerprint density at radius 3 is 2.94 bits per heavy atom. The number of carbonyl (C=O) groups is 1. The Labute approximate surface area is 99.1 Å². The lowest BCUT2D eigenvalue weighted by Gasteiger charge is -2.03. The van der Waals surface area contributed by atoms with Crippen LogP contribution in [0.5, 0.6) is 0 Å². The van der Waals surface area contributed by atoms with Crippen LogP contribution < -0.4 is 0 Å². The number of para-hydroxylation sites is 1. The molecule has 3 heteroatoms.